The largest absolute Gasteiger partial charge is 0.464 e. The maximum Gasteiger partial charge on any atom is 0.197 e. The minimum absolute atomic E-state index is 0.0386. The zero-order chi connectivity index (χ0) is 20.0. The predicted molar refractivity (Wildman–Crippen MR) is 110 cm³/mol. The fraction of sp³-hybridized carbons (Fsp3) is 0.227. The molecule has 7 heteroatoms. The van der Waals surface area contributed by atoms with E-state index in [1.165, 1.54) is 0 Å². The summed E-state index contributed by atoms with van der Waals surface area (Å²) in [6, 6.07) is 7.16. The molecule has 5 rings (SSSR count). The molecule has 1 aliphatic rings. The number of halogens is 1. The minimum Gasteiger partial charge on any atom is -0.464 e. The summed E-state index contributed by atoms with van der Waals surface area (Å²) in [6.45, 7) is 3.87. The average molecular weight is 408 g/mol. The number of nitrogens with zero attached hydrogens (tertiary/aromatic N) is 3. The third-order valence-electron chi connectivity index (χ3n) is 5.27. The van der Waals surface area contributed by atoms with Crippen LogP contribution in [-0.2, 0) is 19.5 Å². The quantitative estimate of drug-likeness (QED) is 0.502. The van der Waals surface area contributed by atoms with E-state index >= 15 is 0 Å². The number of aryl methyl sites for hydroxylation is 1. The monoisotopic (exact) mass is 407 g/mol. The number of hydrogen-bond acceptors (Lipinski definition) is 6. The summed E-state index contributed by atoms with van der Waals surface area (Å²) >= 11 is 6.20. The highest BCUT2D eigenvalue weighted by Gasteiger charge is 2.21. The fourth-order valence-corrected chi connectivity index (χ4v) is 3.84. The molecule has 4 aromatic rings. The van der Waals surface area contributed by atoms with Crippen LogP contribution in [0.4, 0.5) is 0 Å². The van der Waals surface area contributed by atoms with Gasteiger partial charge < -0.3 is 8.83 Å². The van der Waals surface area contributed by atoms with Gasteiger partial charge in [0.05, 0.1) is 23.6 Å². The third kappa shape index (κ3) is 3.34. The van der Waals surface area contributed by atoms with Gasteiger partial charge in [0.25, 0.3) is 0 Å². The van der Waals surface area contributed by atoms with E-state index in [2.05, 4.69) is 14.9 Å². The van der Waals surface area contributed by atoms with Crippen LogP contribution in [-0.4, -0.2) is 21.4 Å². The Labute approximate surface area is 171 Å². The molecule has 0 spiro atoms. The molecule has 0 fully saturated rings. The van der Waals surface area contributed by atoms with Gasteiger partial charge in [-0.1, -0.05) is 11.6 Å². The molecule has 29 heavy (non-hydrogen) atoms. The van der Waals surface area contributed by atoms with Crippen LogP contribution < -0.4 is 5.43 Å². The summed E-state index contributed by atoms with van der Waals surface area (Å²) in [7, 11) is 0. The molecule has 3 aromatic heterocycles. The van der Waals surface area contributed by atoms with E-state index in [1.54, 1.807) is 24.7 Å². The van der Waals surface area contributed by atoms with E-state index in [4.69, 9.17) is 20.4 Å². The molecule has 0 bridgehead atoms. The third-order valence-corrected chi connectivity index (χ3v) is 5.68. The van der Waals surface area contributed by atoms with Crippen LogP contribution in [0.1, 0.15) is 22.4 Å². The van der Waals surface area contributed by atoms with Crippen molar-refractivity contribution >= 4 is 22.6 Å². The number of fused-ring (bicyclic) bond motifs is 2. The van der Waals surface area contributed by atoms with Crippen molar-refractivity contribution in [3.05, 3.63) is 80.6 Å². The van der Waals surface area contributed by atoms with Gasteiger partial charge in [0.15, 0.2) is 17.0 Å². The minimum atomic E-state index is -0.0386. The Hall–Kier alpha value is -2.96. The molecule has 1 aromatic carbocycles. The Kier molecular flexibility index (Phi) is 4.45. The van der Waals surface area contributed by atoms with Gasteiger partial charge in [-0.05, 0) is 36.8 Å². The van der Waals surface area contributed by atoms with Crippen LogP contribution in [0.5, 0.6) is 0 Å². The highest BCUT2D eigenvalue weighted by molar-refractivity contribution is 6.32. The molecule has 0 atom stereocenters. The van der Waals surface area contributed by atoms with Crippen LogP contribution in [0, 0.1) is 6.92 Å². The van der Waals surface area contributed by atoms with Crippen LogP contribution in [0.25, 0.3) is 22.6 Å². The fourth-order valence-electron chi connectivity index (χ4n) is 3.68. The number of aromatic nitrogens is 2. The first-order valence-electron chi connectivity index (χ1n) is 9.40. The first-order valence-corrected chi connectivity index (χ1v) is 9.78. The van der Waals surface area contributed by atoms with Crippen LogP contribution in [0.2, 0.25) is 5.02 Å². The van der Waals surface area contributed by atoms with Crippen molar-refractivity contribution in [3.8, 4) is 11.6 Å². The number of rotatable bonds is 3. The molecule has 0 N–H and O–H groups in total. The van der Waals surface area contributed by atoms with Gasteiger partial charge in [-0.25, -0.2) is 9.97 Å². The van der Waals surface area contributed by atoms with Crippen molar-refractivity contribution in [2.75, 3.05) is 6.54 Å². The lowest BCUT2D eigenvalue weighted by Crippen LogP contribution is -2.32. The number of benzene rings is 1. The van der Waals surface area contributed by atoms with Crippen molar-refractivity contribution in [2.45, 2.75) is 26.4 Å². The Morgan fingerprint density at radius 2 is 2.17 bits per heavy atom. The second-order valence-electron chi connectivity index (χ2n) is 7.29. The van der Waals surface area contributed by atoms with Gasteiger partial charge in [-0.2, -0.15) is 0 Å². The first kappa shape index (κ1) is 18.1. The van der Waals surface area contributed by atoms with Crippen molar-refractivity contribution in [2.24, 2.45) is 0 Å². The van der Waals surface area contributed by atoms with Gasteiger partial charge in [0.1, 0.15) is 5.58 Å². The van der Waals surface area contributed by atoms with Gasteiger partial charge in [0.2, 0.25) is 0 Å². The Morgan fingerprint density at radius 1 is 1.28 bits per heavy atom. The van der Waals surface area contributed by atoms with E-state index in [9.17, 15) is 4.79 Å². The van der Waals surface area contributed by atoms with Gasteiger partial charge in [-0.3, -0.25) is 9.69 Å². The summed E-state index contributed by atoms with van der Waals surface area (Å²) in [5.74, 6) is 1.27. The predicted octanol–water partition coefficient (Wildman–Crippen LogP) is 4.36. The van der Waals surface area contributed by atoms with Crippen LogP contribution in [0.15, 0.2) is 56.6 Å². The molecule has 4 heterocycles. The van der Waals surface area contributed by atoms with Crippen LogP contribution >= 0.6 is 11.6 Å². The average Bonchev–Trinajstić information content (AvgIpc) is 3.26. The summed E-state index contributed by atoms with van der Waals surface area (Å²) in [5.41, 5.74) is 4.11. The number of hydrogen-bond donors (Lipinski definition) is 0. The maximum absolute atomic E-state index is 12.9. The maximum atomic E-state index is 12.9. The van der Waals surface area contributed by atoms with Crippen molar-refractivity contribution in [1.29, 1.82) is 0 Å². The summed E-state index contributed by atoms with van der Waals surface area (Å²) in [6.07, 6.45) is 5.81. The molecule has 0 saturated heterocycles. The Bertz CT molecular complexity index is 1260. The summed E-state index contributed by atoms with van der Waals surface area (Å²) in [4.78, 5) is 24.2. The van der Waals surface area contributed by atoms with Crippen molar-refractivity contribution < 1.29 is 8.83 Å². The topological polar surface area (TPSA) is 72.4 Å². The lowest BCUT2D eigenvalue weighted by atomic mass is 10.1. The molecule has 146 valence electrons. The smallest absolute Gasteiger partial charge is 0.197 e. The van der Waals surface area contributed by atoms with E-state index in [-0.39, 0.29) is 5.43 Å². The lowest BCUT2D eigenvalue weighted by molar-refractivity contribution is 0.240. The van der Waals surface area contributed by atoms with E-state index in [0.29, 0.717) is 46.2 Å². The first-order chi connectivity index (χ1) is 14.1. The molecule has 6 nitrogen and oxygen atoms in total. The normalized spacial score (nSPS) is 14.3. The second-order valence-corrected chi connectivity index (χ2v) is 7.70. The highest BCUT2D eigenvalue weighted by atomic mass is 35.5. The van der Waals surface area contributed by atoms with Crippen LogP contribution in [0.3, 0.4) is 0 Å². The van der Waals surface area contributed by atoms with E-state index in [1.807, 2.05) is 25.3 Å². The molecule has 0 radical (unpaired) electrons. The van der Waals surface area contributed by atoms with E-state index < -0.39 is 0 Å². The molecule has 0 unspecified atom stereocenters. The van der Waals surface area contributed by atoms with Gasteiger partial charge in [0, 0.05) is 48.4 Å². The molecular formula is C22H18ClN3O3. The zero-order valence-corrected chi connectivity index (χ0v) is 16.6. The van der Waals surface area contributed by atoms with E-state index in [0.717, 1.165) is 29.8 Å². The Balaban J connectivity index is 1.39. The second kappa shape index (κ2) is 7.13. The molecular weight excluding hydrogens is 390 g/mol. The highest BCUT2D eigenvalue weighted by Crippen LogP contribution is 2.24. The Morgan fingerprint density at radius 3 is 3.00 bits per heavy atom. The standard InChI is InChI=1S/C22H18ClN3O3/c1-13-7-20-16(8-17(13)23)21(27)15(12-29-20)11-26-5-4-18-14(10-26)9-24-22(25-18)19-3-2-6-28-19/h2-3,6-9,12H,4-5,10-11H2,1H3. The van der Waals surface area contributed by atoms with Crippen molar-refractivity contribution in [3.63, 3.8) is 0 Å². The molecule has 0 aliphatic carbocycles. The molecule has 0 amide bonds. The van der Waals surface area contributed by atoms with Gasteiger partial charge >= 0.3 is 0 Å². The zero-order valence-electron chi connectivity index (χ0n) is 15.8. The lowest BCUT2D eigenvalue weighted by Gasteiger charge is -2.27. The summed E-state index contributed by atoms with van der Waals surface area (Å²) in [5, 5.41) is 1.08. The van der Waals surface area contributed by atoms with Crippen molar-refractivity contribution in [1.82, 2.24) is 14.9 Å². The number of furan rings is 1. The summed E-state index contributed by atoms with van der Waals surface area (Å²) < 4.78 is 11.1. The molecule has 1 aliphatic heterocycles. The SMILES string of the molecule is Cc1cc2occ(CN3CCc4nc(-c5ccco5)ncc4C3)c(=O)c2cc1Cl. The molecule has 0 saturated carbocycles. The van der Waals surface area contributed by atoms with Gasteiger partial charge in [-0.15, -0.1) is 0 Å².